The van der Waals surface area contributed by atoms with Crippen LogP contribution in [0.25, 0.3) is 0 Å². The summed E-state index contributed by atoms with van der Waals surface area (Å²) >= 11 is 0. The number of nitrogens with one attached hydrogen (secondary N) is 1. The van der Waals surface area contributed by atoms with Crippen molar-refractivity contribution in [3.63, 3.8) is 0 Å². The predicted molar refractivity (Wildman–Crippen MR) is 149 cm³/mol. The highest BCUT2D eigenvalue weighted by atomic mass is 31.2. The van der Waals surface area contributed by atoms with Crippen molar-refractivity contribution in [3.05, 3.63) is 34.6 Å². The van der Waals surface area contributed by atoms with Crippen molar-refractivity contribution >= 4 is 19.6 Å². The van der Waals surface area contributed by atoms with Crippen LogP contribution in [0.2, 0.25) is 0 Å². The van der Waals surface area contributed by atoms with Crippen LogP contribution in [0.15, 0.2) is 34.6 Å². The normalized spacial score (nSPS) is 43.7. The van der Waals surface area contributed by atoms with Crippen molar-refractivity contribution in [3.8, 4) is 0 Å². The van der Waals surface area contributed by atoms with Crippen molar-refractivity contribution in [2.45, 2.75) is 92.9 Å². The molecule has 5 rings (SSSR count). The highest BCUT2D eigenvalue weighted by molar-refractivity contribution is 7.46. The fourth-order valence-electron chi connectivity index (χ4n) is 9.48. The molecule has 7 atom stereocenters. The molecule has 39 heavy (non-hydrogen) atoms. The van der Waals surface area contributed by atoms with Gasteiger partial charge in [0, 0.05) is 17.9 Å². The number of hydrogen-bond donors (Lipinski definition) is 4. The van der Waals surface area contributed by atoms with E-state index in [0.29, 0.717) is 24.5 Å². The van der Waals surface area contributed by atoms with Crippen molar-refractivity contribution in [1.82, 2.24) is 5.32 Å². The standard InChI is InChI=1S/C30H45N2O6P/c1-18-24(38-39(35,36)37)22(33)15-21-19-7-10-30(6)23-16-26(2,17-32-25(31)34)11-12-27(23,3)13-14-29(30,5)20(19)8-9-28(18,21)4/h8,15,19,23H,7,9-14,16-17H2,1-6H3,(H3,31,32,34)(H2,35,36,37)/t19-,23-,26-,27-,28?,29-,30+/m1/s1. The lowest BCUT2D eigenvalue weighted by Crippen LogP contribution is -2.61. The monoisotopic (exact) mass is 560 g/mol. The van der Waals surface area contributed by atoms with Crippen LogP contribution < -0.4 is 11.1 Å². The van der Waals surface area contributed by atoms with Crippen molar-refractivity contribution in [2.75, 3.05) is 6.54 Å². The number of phosphoric acid groups is 1. The van der Waals surface area contributed by atoms with Gasteiger partial charge in [0.05, 0.1) is 0 Å². The van der Waals surface area contributed by atoms with E-state index >= 15 is 0 Å². The third kappa shape index (κ3) is 4.28. The number of ketones is 1. The third-order valence-electron chi connectivity index (χ3n) is 12.3. The van der Waals surface area contributed by atoms with Crippen LogP contribution >= 0.6 is 7.82 Å². The number of urea groups is 1. The van der Waals surface area contributed by atoms with Gasteiger partial charge >= 0.3 is 13.9 Å². The Morgan fingerprint density at radius 3 is 2.41 bits per heavy atom. The molecule has 0 spiro atoms. The molecule has 2 amide bonds. The maximum Gasteiger partial charge on any atom is 0.524 e. The predicted octanol–water partition coefficient (Wildman–Crippen LogP) is 5.91. The smallest absolute Gasteiger partial charge is 0.400 e. The minimum absolute atomic E-state index is 0.00626. The highest BCUT2D eigenvalue weighted by Crippen LogP contribution is 2.74. The van der Waals surface area contributed by atoms with Gasteiger partial charge in [-0.15, -0.1) is 0 Å². The zero-order valence-electron chi connectivity index (χ0n) is 24.2. The lowest BCUT2D eigenvalue weighted by atomic mass is 9.35. The first kappa shape index (κ1) is 28.6. The van der Waals surface area contributed by atoms with Crippen LogP contribution in [0.3, 0.4) is 0 Å². The molecule has 5 N–H and O–H groups in total. The van der Waals surface area contributed by atoms with E-state index in [-0.39, 0.29) is 33.3 Å². The Hall–Kier alpha value is -1.89. The van der Waals surface area contributed by atoms with Gasteiger partial charge in [-0.1, -0.05) is 46.3 Å². The zero-order chi connectivity index (χ0) is 28.8. The number of allylic oxidation sites excluding steroid dienone is 5. The second-order valence-corrected chi connectivity index (χ2v) is 15.6. The molecule has 8 nitrogen and oxygen atoms in total. The lowest BCUT2D eigenvalue weighted by molar-refractivity contribution is -0.155. The van der Waals surface area contributed by atoms with Crippen LogP contribution in [0.1, 0.15) is 92.9 Å². The molecule has 0 bridgehead atoms. The molecular formula is C30H45N2O6P. The molecule has 0 aromatic rings. The van der Waals surface area contributed by atoms with Crippen molar-refractivity contribution < 1.29 is 28.5 Å². The van der Waals surface area contributed by atoms with Gasteiger partial charge in [-0.2, -0.15) is 0 Å². The molecule has 9 heteroatoms. The first-order valence-electron chi connectivity index (χ1n) is 14.3. The number of carbonyl (C=O) groups excluding carboxylic acids is 2. The quantitative estimate of drug-likeness (QED) is 0.249. The minimum atomic E-state index is -4.85. The number of nitrogens with two attached hydrogens (primary N) is 1. The molecule has 3 saturated carbocycles. The van der Waals surface area contributed by atoms with Gasteiger partial charge in [0.2, 0.25) is 5.78 Å². The van der Waals surface area contributed by atoms with E-state index in [0.717, 1.165) is 50.5 Å². The number of fused-ring (bicyclic) bond motifs is 7. The van der Waals surface area contributed by atoms with Gasteiger partial charge in [-0.25, -0.2) is 9.36 Å². The molecule has 3 fully saturated rings. The molecule has 216 valence electrons. The van der Waals surface area contributed by atoms with Gasteiger partial charge < -0.3 is 15.6 Å². The number of phosphoric ester groups is 1. The molecule has 1 unspecified atom stereocenters. The molecule has 5 aliphatic carbocycles. The summed E-state index contributed by atoms with van der Waals surface area (Å²) < 4.78 is 16.5. The van der Waals surface area contributed by atoms with E-state index < -0.39 is 25.1 Å². The summed E-state index contributed by atoms with van der Waals surface area (Å²) in [5, 5.41) is 2.89. The number of amides is 2. The number of primary amides is 1. The maximum absolute atomic E-state index is 13.1. The molecule has 0 saturated heterocycles. The van der Waals surface area contributed by atoms with Crippen LogP contribution in [-0.4, -0.2) is 28.1 Å². The Labute approximate surface area is 232 Å². The molecule has 0 heterocycles. The van der Waals surface area contributed by atoms with E-state index in [1.807, 2.05) is 0 Å². The lowest BCUT2D eigenvalue weighted by Gasteiger charge is -2.69. The second-order valence-electron chi connectivity index (χ2n) is 14.5. The summed E-state index contributed by atoms with van der Waals surface area (Å²) in [6.07, 6.45) is 12.2. The molecule has 0 radical (unpaired) electrons. The Balaban J connectivity index is 1.52. The molecule has 0 aliphatic heterocycles. The first-order chi connectivity index (χ1) is 17.9. The Morgan fingerprint density at radius 1 is 1.10 bits per heavy atom. The van der Waals surface area contributed by atoms with Crippen LogP contribution in [-0.2, 0) is 13.9 Å². The van der Waals surface area contributed by atoms with E-state index in [4.69, 9.17) is 10.3 Å². The largest absolute Gasteiger partial charge is 0.524 e. The number of hydrogen-bond acceptors (Lipinski definition) is 4. The van der Waals surface area contributed by atoms with Gasteiger partial charge in [0.25, 0.3) is 0 Å². The van der Waals surface area contributed by atoms with Crippen LogP contribution in [0.4, 0.5) is 4.79 Å². The summed E-state index contributed by atoms with van der Waals surface area (Å²) in [6.45, 7) is 14.1. The van der Waals surface area contributed by atoms with Crippen LogP contribution in [0.5, 0.6) is 0 Å². The highest BCUT2D eigenvalue weighted by Gasteiger charge is 2.65. The Kier molecular flexibility index (Phi) is 6.46. The summed E-state index contributed by atoms with van der Waals surface area (Å²) in [4.78, 5) is 43.5. The van der Waals surface area contributed by atoms with Gasteiger partial charge in [0.1, 0.15) is 0 Å². The molecule has 5 aliphatic rings. The number of carbonyl (C=O) groups is 2. The fourth-order valence-corrected chi connectivity index (χ4v) is 9.95. The summed E-state index contributed by atoms with van der Waals surface area (Å²) in [6, 6.07) is -0.464. The van der Waals surface area contributed by atoms with Gasteiger partial charge in [0.15, 0.2) is 5.76 Å². The van der Waals surface area contributed by atoms with E-state index in [2.05, 4.69) is 46.0 Å². The molecule has 0 aromatic carbocycles. The fraction of sp³-hybridized carbons (Fsp3) is 0.733. The third-order valence-corrected chi connectivity index (χ3v) is 12.8. The topological polar surface area (TPSA) is 139 Å². The Morgan fingerprint density at radius 2 is 1.77 bits per heavy atom. The van der Waals surface area contributed by atoms with E-state index in [9.17, 15) is 23.9 Å². The minimum Gasteiger partial charge on any atom is -0.400 e. The second kappa shape index (κ2) is 8.80. The number of rotatable bonds is 4. The summed E-state index contributed by atoms with van der Waals surface area (Å²) in [7, 11) is -4.85. The summed E-state index contributed by atoms with van der Waals surface area (Å²) in [5.41, 5.74) is 8.34. The molecular weight excluding hydrogens is 515 g/mol. The van der Waals surface area contributed by atoms with Gasteiger partial charge in [-0.05, 0) is 103 Å². The maximum atomic E-state index is 13.1. The van der Waals surface area contributed by atoms with Crippen molar-refractivity contribution in [2.24, 2.45) is 44.6 Å². The zero-order valence-corrected chi connectivity index (χ0v) is 25.1. The summed E-state index contributed by atoms with van der Waals surface area (Å²) in [5.74, 6) is -0.0329. The Bertz CT molecular complexity index is 1270. The average Bonchev–Trinajstić information content (AvgIpc) is 2.84. The van der Waals surface area contributed by atoms with E-state index in [1.165, 1.54) is 5.57 Å². The SMILES string of the molecule is CC1=C(OP(=O)(O)O)C(=O)C=C2[C@@H]3CC[C@@]4(C)[C@@H]5C[C@](C)(CNC(N)=O)CC[C@]5(C)CC[C@]4(C)C3=CCC21C. The van der Waals surface area contributed by atoms with E-state index in [1.54, 1.807) is 13.0 Å². The molecule has 0 aromatic heterocycles. The average molecular weight is 561 g/mol. The van der Waals surface area contributed by atoms with Gasteiger partial charge in [-0.3, -0.25) is 14.6 Å². The van der Waals surface area contributed by atoms with Crippen LogP contribution in [0, 0.1) is 38.9 Å². The first-order valence-corrected chi connectivity index (χ1v) is 15.9. The van der Waals surface area contributed by atoms with Crippen molar-refractivity contribution in [1.29, 1.82) is 0 Å².